The van der Waals surface area contributed by atoms with Gasteiger partial charge in [-0.25, -0.2) is 4.98 Å². The zero-order valence-electron chi connectivity index (χ0n) is 10.3. The average molecular weight is 384 g/mol. The third-order valence-electron chi connectivity index (χ3n) is 2.65. The number of aromatic nitrogens is 1. The lowest BCUT2D eigenvalue weighted by Crippen LogP contribution is -2.27. The molecule has 0 aliphatic carbocycles. The van der Waals surface area contributed by atoms with E-state index < -0.39 is 0 Å². The molecule has 3 nitrogen and oxygen atoms in total. The van der Waals surface area contributed by atoms with Crippen LogP contribution < -0.4 is 0 Å². The number of carbonyl (C=O) groups is 1. The van der Waals surface area contributed by atoms with E-state index in [-0.39, 0.29) is 5.91 Å². The molecule has 0 atom stereocenters. The summed E-state index contributed by atoms with van der Waals surface area (Å²) in [5.74, 6) is -0.1000. The Balaban J connectivity index is 2.14. The van der Waals surface area contributed by atoms with Crippen molar-refractivity contribution in [3.05, 3.63) is 62.8 Å². The van der Waals surface area contributed by atoms with Crippen molar-refractivity contribution in [2.45, 2.75) is 6.54 Å². The van der Waals surface area contributed by atoms with Gasteiger partial charge in [0, 0.05) is 18.1 Å². The predicted octanol–water partition coefficient (Wildman–Crippen LogP) is 3.88. The number of benzene rings is 1. The van der Waals surface area contributed by atoms with Crippen LogP contribution in [0.15, 0.2) is 51.5 Å². The molecular formula is C14H12Br2N2O. The molecule has 1 aromatic carbocycles. The van der Waals surface area contributed by atoms with Gasteiger partial charge in [-0.05, 0) is 39.7 Å². The van der Waals surface area contributed by atoms with E-state index in [0.717, 1.165) is 10.0 Å². The van der Waals surface area contributed by atoms with Crippen molar-refractivity contribution in [3.63, 3.8) is 0 Å². The number of halogens is 2. The van der Waals surface area contributed by atoms with Gasteiger partial charge in [0.05, 0.1) is 0 Å². The van der Waals surface area contributed by atoms with Crippen LogP contribution in [0.1, 0.15) is 16.1 Å². The Kier molecular flexibility index (Phi) is 4.71. The van der Waals surface area contributed by atoms with Crippen LogP contribution in [0.25, 0.3) is 0 Å². The van der Waals surface area contributed by atoms with Gasteiger partial charge in [0.2, 0.25) is 0 Å². The summed E-state index contributed by atoms with van der Waals surface area (Å²) < 4.78 is 1.66. The minimum absolute atomic E-state index is 0.1000. The highest BCUT2D eigenvalue weighted by Crippen LogP contribution is 2.18. The van der Waals surface area contributed by atoms with Gasteiger partial charge >= 0.3 is 0 Å². The number of hydrogen-bond acceptors (Lipinski definition) is 2. The van der Waals surface area contributed by atoms with Gasteiger partial charge in [0.1, 0.15) is 10.3 Å². The molecular weight excluding hydrogens is 372 g/mol. The molecule has 0 radical (unpaired) electrons. The van der Waals surface area contributed by atoms with E-state index in [1.165, 1.54) is 0 Å². The maximum absolute atomic E-state index is 12.2. The van der Waals surface area contributed by atoms with E-state index in [4.69, 9.17) is 0 Å². The molecule has 98 valence electrons. The second-order valence-electron chi connectivity index (χ2n) is 4.10. The van der Waals surface area contributed by atoms with Crippen LogP contribution in [-0.4, -0.2) is 22.8 Å². The van der Waals surface area contributed by atoms with E-state index in [1.807, 2.05) is 24.3 Å². The van der Waals surface area contributed by atoms with Crippen molar-refractivity contribution in [3.8, 4) is 0 Å². The summed E-state index contributed by atoms with van der Waals surface area (Å²) in [4.78, 5) is 18.1. The second kappa shape index (κ2) is 6.30. The van der Waals surface area contributed by atoms with Crippen molar-refractivity contribution in [1.82, 2.24) is 9.88 Å². The van der Waals surface area contributed by atoms with Gasteiger partial charge in [0.15, 0.2) is 0 Å². The largest absolute Gasteiger partial charge is 0.336 e. The minimum Gasteiger partial charge on any atom is -0.336 e. The fourth-order valence-corrected chi connectivity index (χ4v) is 2.43. The predicted molar refractivity (Wildman–Crippen MR) is 81.9 cm³/mol. The molecule has 0 bridgehead atoms. The molecule has 2 aromatic rings. The smallest absolute Gasteiger partial charge is 0.272 e. The average Bonchev–Trinajstić information content (AvgIpc) is 2.40. The fourth-order valence-electron chi connectivity index (χ4n) is 1.68. The van der Waals surface area contributed by atoms with Gasteiger partial charge in [-0.15, -0.1) is 0 Å². The van der Waals surface area contributed by atoms with Crippen LogP contribution in [0.5, 0.6) is 0 Å². The number of carbonyl (C=O) groups excluding carboxylic acids is 1. The summed E-state index contributed by atoms with van der Waals surface area (Å²) in [5, 5.41) is 0. The maximum atomic E-state index is 12.2. The molecule has 0 saturated heterocycles. The van der Waals surface area contributed by atoms with Gasteiger partial charge in [-0.1, -0.05) is 40.2 Å². The number of rotatable bonds is 3. The first-order valence-corrected chi connectivity index (χ1v) is 7.28. The molecule has 0 saturated carbocycles. The quantitative estimate of drug-likeness (QED) is 0.753. The van der Waals surface area contributed by atoms with Crippen LogP contribution in [0.4, 0.5) is 0 Å². The monoisotopic (exact) mass is 382 g/mol. The van der Waals surface area contributed by atoms with Crippen LogP contribution >= 0.6 is 31.9 Å². The third-order valence-corrected chi connectivity index (χ3v) is 3.86. The molecule has 1 aromatic heterocycles. The number of pyridine rings is 1. The van der Waals surface area contributed by atoms with Gasteiger partial charge < -0.3 is 4.90 Å². The maximum Gasteiger partial charge on any atom is 0.272 e. The second-order valence-corrected chi connectivity index (χ2v) is 5.76. The van der Waals surface area contributed by atoms with Crippen molar-refractivity contribution < 1.29 is 4.79 Å². The highest BCUT2D eigenvalue weighted by molar-refractivity contribution is 9.10. The molecule has 0 spiro atoms. The Morgan fingerprint density at radius 1 is 1.16 bits per heavy atom. The van der Waals surface area contributed by atoms with Crippen LogP contribution in [-0.2, 0) is 6.54 Å². The highest BCUT2D eigenvalue weighted by atomic mass is 79.9. The van der Waals surface area contributed by atoms with Crippen LogP contribution in [0.2, 0.25) is 0 Å². The molecule has 0 N–H and O–H groups in total. The van der Waals surface area contributed by atoms with Crippen LogP contribution in [0.3, 0.4) is 0 Å². The molecule has 19 heavy (non-hydrogen) atoms. The minimum atomic E-state index is -0.1000. The van der Waals surface area contributed by atoms with Gasteiger partial charge in [0.25, 0.3) is 5.91 Å². The molecule has 1 amide bonds. The summed E-state index contributed by atoms with van der Waals surface area (Å²) in [6, 6.07) is 13.2. The van der Waals surface area contributed by atoms with E-state index in [2.05, 4.69) is 36.8 Å². The number of hydrogen-bond donors (Lipinski definition) is 0. The first kappa shape index (κ1) is 14.2. The first-order chi connectivity index (χ1) is 9.08. The summed E-state index contributed by atoms with van der Waals surface area (Å²) in [6.45, 7) is 0.536. The Morgan fingerprint density at radius 3 is 2.58 bits per heavy atom. The van der Waals surface area contributed by atoms with Crippen molar-refractivity contribution in [2.75, 3.05) is 7.05 Å². The summed E-state index contributed by atoms with van der Waals surface area (Å²) in [6.07, 6.45) is 0. The molecule has 1 heterocycles. The number of amides is 1. The van der Waals surface area contributed by atoms with Crippen molar-refractivity contribution in [2.24, 2.45) is 0 Å². The standard InChI is InChI=1S/C14H12Br2N2O/c1-18(9-10-5-2-3-6-11(10)15)14(19)12-7-4-8-13(16)17-12/h2-8H,9H2,1H3. The molecule has 0 aliphatic rings. The Bertz CT molecular complexity index is 602. The normalized spacial score (nSPS) is 10.3. The number of nitrogens with zero attached hydrogens (tertiary/aromatic N) is 2. The molecule has 2 rings (SSSR count). The van der Waals surface area contributed by atoms with Gasteiger partial charge in [-0.2, -0.15) is 0 Å². The molecule has 0 fully saturated rings. The SMILES string of the molecule is CN(Cc1ccccc1Br)C(=O)c1cccc(Br)n1. The van der Waals surface area contributed by atoms with Gasteiger partial charge in [-0.3, -0.25) is 4.79 Å². The fraction of sp³-hybridized carbons (Fsp3) is 0.143. The lowest BCUT2D eigenvalue weighted by molar-refractivity contribution is 0.0779. The summed E-state index contributed by atoms with van der Waals surface area (Å²) in [7, 11) is 1.77. The van der Waals surface area contributed by atoms with E-state index in [0.29, 0.717) is 16.8 Å². The van der Waals surface area contributed by atoms with E-state index >= 15 is 0 Å². The first-order valence-electron chi connectivity index (χ1n) is 5.69. The summed E-state index contributed by atoms with van der Waals surface area (Å²) >= 11 is 6.75. The Labute approximate surface area is 128 Å². The topological polar surface area (TPSA) is 33.2 Å². The van der Waals surface area contributed by atoms with Crippen molar-refractivity contribution >= 4 is 37.8 Å². The molecule has 0 unspecified atom stereocenters. The zero-order chi connectivity index (χ0) is 13.8. The summed E-state index contributed by atoms with van der Waals surface area (Å²) in [5.41, 5.74) is 1.50. The highest BCUT2D eigenvalue weighted by Gasteiger charge is 2.14. The van der Waals surface area contributed by atoms with E-state index in [9.17, 15) is 4.79 Å². The molecule has 0 aliphatic heterocycles. The van der Waals surface area contributed by atoms with Crippen LogP contribution in [0, 0.1) is 0 Å². The third kappa shape index (κ3) is 3.64. The van der Waals surface area contributed by atoms with Crippen molar-refractivity contribution in [1.29, 1.82) is 0 Å². The molecule has 5 heteroatoms. The zero-order valence-corrected chi connectivity index (χ0v) is 13.5. The van der Waals surface area contributed by atoms with E-state index in [1.54, 1.807) is 30.1 Å². The Morgan fingerprint density at radius 2 is 1.89 bits per heavy atom. The Hall–Kier alpha value is -1.20. The lowest BCUT2D eigenvalue weighted by atomic mass is 10.2. The lowest BCUT2D eigenvalue weighted by Gasteiger charge is -2.17.